The van der Waals surface area contributed by atoms with Crippen molar-refractivity contribution in [3.8, 4) is 5.75 Å². The minimum Gasteiger partial charge on any atom is -0.490 e. The van der Waals surface area contributed by atoms with Crippen LogP contribution < -0.4 is 10.1 Å². The molecule has 1 aromatic carbocycles. The van der Waals surface area contributed by atoms with E-state index in [2.05, 4.69) is 5.32 Å². The summed E-state index contributed by atoms with van der Waals surface area (Å²) in [4.78, 5) is 0. The summed E-state index contributed by atoms with van der Waals surface area (Å²) < 4.78 is 54.7. The van der Waals surface area contributed by atoms with Gasteiger partial charge in [0.1, 0.15) is 19.0 Å². The third-order valence-electron chi connectivity index (χ3n) is 2.06. The van der Waals surface area contributed by atoms with Crippen LogP contribution in [0.3, 0.4) is 0 Å². The van der Waals surface area contributed by atoms with Gasteiger partial charge in [0.15, 0.2) is 0 Å². The number of halogens is 4. The van der Waals surface area contributed by atoms with Gasteiger partial charge in [-0.25, -0.2) is 4.39 Å². The summed E-state index contributed by atoms with van der Waals surface area (Å²) in [6.07, 6.45) is -4.50. The van der Waals surface area contributed by atoms with Crippen LogP contribution in [0.1, 0.15) is 11.1 Å². The van der Waals surface area contributed by atoms with Crippen LogP contribution in [0.4, 0.5) is 17.6 Å². The first-order chi connectivity index (χ1) is 7.99. The smallest absolute Gasteiger partial charge is 0.419 e. The number of benzene rings is 1. The molecule has 0 amide bonds. The van der Waals surface area contributed by atoms with E-state index in [9.17, 15) is 17.6 Å². The Morgan fingerprint density at radius 3 is 2.53 bits per heavy atom. The van der Waals surface area contributed by atoms with Crippen LogP contribution in [0.15, 0.2) is 18.2 Å². The maximum absolute atomic E-state index is 12.7. The van der Waals surface area contributed by atoms with E-state index in [0.29, 0.717) is 12.1 Å². The lowest BCUT2D eigenvalue weighted by Crippen LogP contribution is -2.12. The van der Waals surface area contributed by atoms with Gasteiger partial charge in [-0.15, -0.1) is 0 Å². The lowest BCUT2D eigenvalue weighted by Gasteiger charge is -2.14. The maximum atomic E-state index is 12.7. The van der Waals surface area contributed by atoms with Crippen LogP contribution in [-0.4, -0.2) is 20.3 Å². The second-order valence-corrected chi connectivity index (χ2v) is 3.40. The van der Waals surface area contributed by atoms with Crippen molar-refractivity contribution < 1.29 is 22.3 Å². The molecule has 1 aromatic rings. The first kappa shape index (κ1) is 13.8. The summed E-state index contributed by atoms with van der Waals surface area (Å²) in [5.41, 5.74) is -0.383. The number of rotatable bonds is 5. The van der Waals surface area contributed by atoms with E-state index in [0.717, 1.165) is 6.07 Å². The van der Waals surface area contributed by atoms with E-state index in [1.165, 1.54) is 12.1 Å². The fourth-order valence-corrected chi connectivity index (χ4v) is 1.39. The van der Waals surface area contributed by atoms with E-state index >= 15 is 0 Å². The van der Waals surface area contributed by atoms with Gasteiger partial charge in [0.2, 0.25) is 0 Å². The van der Waals surface area contributed by atoms with Gasteiger partial charge in [-0.3, -0.25) is 0 Å². The molecular weight excluding hydrogens is 238 g/mol. The van der Waals surface area contributed by atoms with Crippen molar-refractivity contribution in [3.63, 3.8) is 0 Å². The van der Waals surface area contributed by atoms with E-state index < -0.39 is 18.4 Å². The van der Waals surface area contributed by atoms with Crippen molar-refractivity contribution in [1.29, 1.82) is 0 Å². The Kier molecular flexibility index (Phi) is 4.74. The summed E-state index contributed by atoms with van der Waals surface area (Å²) >= 11 is 0. The summed E-state index contributed by atoms with van der Waals surface area (Å²) in [5.74, 6) is -0.338. The highest BCUT2D eigenvalue weighted by atomic mass is 19.4. The lowest BCUT2D eigenvalue weighted by molar-refractivity contribution is -0.139. The fraction of sp³-hybridized carbons (Fsp3) is 0.455. The quantitative estimate of drug-likeness (QED) is 0.812. The minimum atomic E-state index is -4.50. The molecule has 1 N–H and O–H groups in total. The number of ether oxygens (including phenoxy) is 1. The van der Waals surface area contributed by atoms with E-state index in [1.807, 2.05) is 0 Å². The minimum absolute atomic E-state index is 0.326. The molecule has 6 heteroatoms. The molecule has 0 heterocycles. The van der Waals surface area contributed by atoms with Gasteiger partial charge in [-0.1, -0.05) is 6.07 Å². The molecule has 0 saturated heterocycles. The number of nitrogens with one attached hydrogen (secondary N) is 1. The van der Waals surface area contributed by atoms with E-state index in [1.54, 1.807) is 7.05 Å². The zero-order valence-corrected chi connectivity index (χ0v) is 9.27. The molecule has 17 heavy (non-hydrogen) atoms. The van der Waals surface area contributed by atoms with Crippen LogP contribution in [0.5, 0.6) is 5.75 Å². The summed E-state index contributed by atoms with van der Waals surface area (Å²) in [6.45, 7) is -0.878. The SMILES string of the molecule is CNCc1ccc(OCCF)c(C(F)(F)F)c1. The monoisotopic (exact) mass is 251 g/mol. The molecule has 0 saturated carbocycles. The molecule has 0 aliphatic heterocycles. The molecule has 96 valence electrons. The molecule has 0 aromatic heterocycles. The van der Waals surface area contributed by atoms with Crippen LogP contribution in [0, 0.1) is 0 Å². The highest BCUT2D eigenvalue weighted by Gasteiger charge is 2.34. The van der Waals surface area contributed by atoms with Crippen molar-refractivity contribution in [3.05, 3.63) is 29.3 Å². The summed E-state index contributed by atoms with van der Waals surface area (Å²) in [7, 11) is 1.64. The molecule has 0 atom stereocenters. The normalized spacial score (nSPS) is 11.6. The molecule has 0 radical (unpaired) electrons. The van der Waals surface area contributed by atoms with Crippen molar-refractivity contribution in [2.45, 2.75) is 12.7 Å². The molecule has 0 aliphatic carbocycles. The Bertz CT molecular complexity index is 365. The van der Waals surface area contributed by atoms with Crippen molar-refractivity contribution in [2.24, 2.45) is 0 Å². The maximum Gasteiger partial charge on any atom is 0.419 e. The van der Waals surface area contributed by atoms with Crippen LogP contribution in [-0.2, 0) is 12.7 Å². The van der Waals surface area contributed by atoms with Crippen LogP contribution in [0.25, 0.3) is 0 Å². The van der Waals surface area contributed by atoms with Crippen molar-refractivity contribution >= 4 is 0 Å². The van der Waals surface area contributed by atoms with Gasteiger partial charge in [0, 0.05) is 6.54 Å². The molecule has 2 nitrogen and oxygen atoms in total. The largest absolute Gasteiger partial charge is 0.490 e. The van der Waals surface area contributed by atoms with Crippen molar-refractivity contribution in [1.82, 2.24) is 5.32 Å². The second kappa shape index (κ2) is 5.86. The number of alkyl halides is 4. The first-order valence-corrected chi connectivity index (χ1v) is 5.02. The zero-order valence-electron chi connectivity index (χ0n) is 9.27. The molecule has 0 aliphatic rings. The molecular formula is C11H13F4NO. The van der Waals surface area contributed by atoms with Gasteiger partial charge >= 0.3 is 6.18 Å². The molecule has 1 rings (SSSR count). The third-order valence-corrected chi connectivity index (χ3v) is 2.06. The van der Waals surface area contributed by atoms with Gasteiger partial charge in [-0.05, 0) is 24.7 Å². The number of hydrogen-bond donors (Lipinski definition) is 1. The van der Waals surface area contributed by atoms with Gasteiger partial charge in [-0.2, -0.15) is 13.2 Å². The standard InChI is InChI=1S/C11H13F4NO/c1-16-7-8-2-3-10(17-5-4-12)9(6-8)11(13,14)15/h2-3,6,16H,4-5,7H2,1H3. The first-order valence-electron chi connectivity index (χ1n) is 5.02. The summed E-state index contributed by atoms with van der Waals surface area (Å²) in [5, 5.41) is 2.76. The lowest BCUT2D eigenvalue weighted by atomic mass is 10.1. The Morgan fingerprint density at radius 2 is 2.00 bits per heavy atom. The fourth-order valence-electron chi connectivity index (χ4n) is 1.39. The molecule has 0 spiro atoms. The molecule has 0 unspecified atom stereocenters. The van der Waals surface area contributed by atoms with E-state index in [4.69, 9.17) is 4.74 Å². The van der Waals surface area contributed by atoms with Gasteiger partial charge in [0.25, 0.3) is 0 Å². The average Bonchev–Trinajstić information content (AvgIpc) is 2.26. The molecule has 0 bridgehead atoms. The Hall–Kier alpha value is -1.30. The average molecular weight is 251 g/mol. The topological polar surface area (TPSA) is 21.3 Å². The van der Waals surface area contributed by atoms with Gasteiger partial charge < -0.3 is 10.1 Å². The zero-order chi connectivity index (χ0) is 12.9. The Balaban J connectivity index is 3.03. The van der Waals surface area contributed by atoms with E-state index in [-0.39, 0.29) is 12.4 Å². The Morgan fingerprint density at radius 1 is 1.29 bits per heavy atom. The predicted molar refractivity (Wildman–Crippen MR) is 55.7 cm³/mol. The summed E-state index contributed by atoms with van der Waals surface area (Å²) in [6, 6.07) is 3.73. The Labute approximate surface area is 96.6 Å². The third kappa shape index (κ3) is 3.89. The molecule has 0 fully saturated rings. The second-order valence-electron chi connectivity index (χ2n) is 3.40. The van der Waals surface area contributed by atoms with Gasteiger partial charge in [0.05, 0.1) is 5.56 Å². The number of hydrogen-bond acceptors (Lipinski definition) is 2. The van der Waals surface area contributed by atoms with Crippen LogP contribution in [0.2, 0.25) is 0 Å². The van der Waals surface area contributed by atoms with Crippen molar-refractivity contribution in [2.75, 3.05) is 20.3 Å². The van der Waals surface area contributed by atoms with Crippen LogP contribution >= 0.6 is 0 Å². The highest BCUT2D eigenvalue weighted by molar-refractivity contribution is 5.39. The predicted octanol–water partition coefficient (Wildman–Crippen LogP) is 2.77. The highest BCUT2D eigenvalue weighted by Crippen LogP contribution is 2.36.